The second-order valence-corrected chi connectivity index (χ2v) is 5.16. The Morgan fingerprint density at radius 1 is 1.32 bits per heavy atom. The van der Waals surface area contributed by atoms with Gasteiger partial charge in [0, 0.05) is 18.8 Å². The number of benzene rings is 1. The molecule has 19 heavy (non-hydrogen) atoms. The van der Waals surface area contributed by atoms with Crippen molar-refractivity contribution in [2.45, 2.75) is 26.2 Å². The lowest BCUT2D eigenvalue weighted by molar-refractivity contribution is 0.0697. The number of carbonyl (C=O) groups is 1. The van der Waals surface area contributed by atoms with Gasteiger partial charge < -0.3 is 15.3 Å². The van der Waals surface area contributed by atoms with Crippen LogP contribution in [-0.2, 0) is 0 Å². The van der Waals surface area contributed by atoms with Gasteiger partial charge in [-0.25, -0.2) is 4.79 Å². The lowest BCUT2D eigenvalue weighted by Gasteiger charge is -2.26. The summed E-state index contributed by atoms with van der Waals surface area (Å²) in [4.78, 5) is 13.3. The summed E-state index contributed by atoms with van der Waals surface area (Å²) in [5.41, 5.74) is 2.36. The molecule has 0 amide bonds. The van der Waals surface area contributed by atoms with E-state index in [0.29, 0.717) is 5.56 Å². The smallest absolute Gasteiger partial charge is 0.335 e. The summed E-state index contributed by atoms with van der Waals surface area (Å²) in [6.07, 6.45) is 3.98. The Labute approximate surface area is 114 Å². The van der Waals surface area contributed by atoms with Gasteiger partial charge in [0.1, 0.15) is 0 Å². The Morgan fingerprint density at radius 3 is 2.68 bits per heavy atom. The van der Waals surface area contributed by atoms with Gasteiger partial charge in [-0.2, -0.15) is 0 Å². The van der Waals surface area contributed by atoms with Crippen LogP contribution in [-0.4, -0.2) is 42.2 Å². The average Bonchev–Trinajstić information content (AvgIpc) is 2.41. The van der Waals surface area contributed by atoms with E-state index in [1.165, 1.54) is 32.4 Å². The van der Waals surface area contributed by atoms with Crippen LogP contribution < -0.4 is 5.32 Å². The molecule has 2 N–H and O–H groups in total. The van der Waals surface area contributed by atoms with Crippen molar-refractivity contribution in [2.24, 2.45) is 0 Å². The third kappa shape index (κ3) is 3.96. The maximum absolute atomic E-state index is 10.9. The molecule has 0 spiro atoms. The van der Waals surface area contributed by atoms with Gasteiger partial charge in [0.25, 0.3) is 0 Å². The van der Waals surface area contributed by atoms with E-state index in [0.717, 1.165) is 24.3 Å². The fourth-order valence-electron chi connectivity index (χ4n) is 2.53. The number of carboxylic acids is 1. The number of nitrogens with one attached hydrogen (secondary N) is 1. The molecule has 1 aromatic rings. The summed E-state index contributed by atoms with van der Waals surface area (Å²) in [7, 11) is 0. The Bertz CT molecular complexity index is 440. The average molecular weight is 262 g/mol. The predicted molar refractivity (Wildman–Crippen MR) is 76.9 cm³/mol. The van der Waals surface area contributed by atoms with Crippen molar-refractivity contribution in [1.29, 1.82) is 0 Å². The zero-order chi connectivity index (χ0) is 13.7. The molecule has 0 atom stereocenters. The largest absolute Gasteiger partial charge is 0.478 e. The van der Waals surface area contributed by atoms with E-state index >= 15 is 0 Å². The van der Waals surface area contributed by atoms with Crippen LogP contribution in [0.1, 0.15) is 35.2 Å². The number of piperidine rings is 1. The third-order valence-corrected chi connectivity index (χ3v) is 3.67. The molecule has 1 aromatic carbocycles. The SMILES string of the molecule is Cc1cc(C(=O)O)ccc1NCCN1CCCCC1. The molecule has 0 aromatic heterocycles. The number of aryl methyl sites for hydroxylation is 1. The summed E-state index contributed by atoms with van der Waals surface area (Å²) >= 11 is 0. The molecule has 1 aliphatic rings. The molecule has 4 heteroatoms. The van der Waals surface area contributed by atoms with Crippen LogP contribution in [0.15, 0.2) is 18.2 Å². The minimum atomic E-state index is -0.872. The molecule has 2 rings (SSSR count). The van der Waals surface area contributed by atoms with Gasteiger partial charge in [0.15, 0.2) is 0 Å². The van der Waals surface area contributed by atoms with E-state index in [1.54, 1.807) is 12.1 Å². The Hall–Kier alpha value is -1.55. The molecule has 0 unspecified atom stereocenters. The monoisotopic (exact) mass is 262 g/mol. The number of hydrogen-bond donors (Lipinski definition) is 2. The number of nitrogens with zero attached hydrogens (tertiary/aromatic N) is 1. The zero-order valence-corrected chi connectivity index (χ0v) is 11.5. The van der Waals surface area contributed by atoms with Crippen molar-refractivity contribution in [2.75, 3.05) is 31.5 Å². The molecule has 1 fully saturated rings. The van der Waals surface area contributed by atoms with Crippen LogP contribution in [0.25, 0.3) is 0 Å². The summed E-state index contributed by atoms with van der Waals surface area (Å²) in [5, 5.41) is 12.3. The first-order chi connectivity index (χ1) is 9.16. The molecule has 104 valence electrons. The lowest BCUT2D eigenvalue weighted by Crippen LogP contribution is -2.33. The lowest BCUT2D eigenvalue weighted by atomic mass is 10.1. The number of hydrogen-bond acceptors (Lipinski definition) is 3. The maximum Gasteiger partial charge on any atom is 0.335 e. The van der Waals surface area contributed by atoms with Gasteiger partial charge in [-0.1, -0.05) is 6.42 Å². The molecular formula is C15H22N2O2. The fraction of sp³-hybridized carbons (Fsp3) is 0.533. The van der Waals surface area contributed by atoms with Crippen molar-refractivity contribution in [1.82, 2.24) is 4.90 Å². The van der Waals surface area contributed by atoms with Crippen molar-refractivity contribution in [3.63, 3.8) is 0 Å². The van der Waals surface area contributed by atoms with E-state index in [1.807, 2.05) is 13.0 Å². The minimum absolute atomic E-state index is 0.346. The number of anilines is 1. The Kier molecular flexibility index (Phi) is 4.80. The van der Waals surface area contributed by atoms with E-state index in [-0.39, 0.29) is 0 Å². The van der Waals surface area contributed by atoms with Crippen LogP contribution in [0, 0.1) is 6.92 Å². The van der Waals surface area contributed by atoms with Crippen molar-refractivity contribution in [3.8, 4) is 0 Å². The van der Waals surface area contributed by atoms with Crippen LogP contribution >= 0.6 is 0 Å². The first kappa shape index (κ1) is 13.9. The van der Waals surface area contributed by atoms with Crippen molar-refractivity contribution < 1.29 is 9.90 Å². The highest BCUT2D eigenvalue weighted by atomic mass is 16.4. The van der Waals surface area contributed by atoms with Gasteiger partial charge in [-0.05, 0) is 56.6 Å². The van der Waals surface area contributed by atoms with E-state index < -0.39 is 5.97 Å². The zero-order valence-electron chi connectivity index (χ0n) is 11.5. The summed E-state index contributed by atoms with van der Waals surface area (Å²) in [6.45, 7) is 6.32. The van der Waals surface area contributed by atoms with E-state index in [4.69, 9.17) is 5.11 Å². The first-order valence-corrected chi connectivity index (χ1v) is 6.97. The molecule has 1 saturated heterocycles. The topological polar surface area (TPSA) is 52.6 Å². The second kappa shape index (κ2) is 6.57. The highest BCUT2D eigenvalue weighted by Crippen LogP contribution is 2.16. The Morgan fingerprint density at radius 2 is 2.05 bits per heavy atom. The standard InChI is InChI=1S/C15H22N2O2/c1-12-11-13(15(18)19)5-6-14(12)16-7-10-17-8-3-2-4-9-17/h5-6,11,16H,2-4,7-10H2,1H3,(H,18,19). The van der Waals surface area contributed by atoms with Crippen LogP contribution in [0.5, 0.6) is 0 Å². The fourth-order valence-corrected chi connectivity index (χ4v) is 2.53. The van der Waals surface area contributed by atoms with Crippen molar-refractivity contribution in [3.05, 3.63) is 29.3 Å². The number of aromatic carboxylic acids is 1. The van der Waals surface area contributed by atoms with Gasteiger partial charge >= 0.3 is 5.97 Å². The van der Waals surface area contributed by atoms with Gasteiger partial charge in [-0.15, -0.1) is 0 Å². The molecular weight excluding hydrogens is 240 g/mol. The quantitative estimate of drug-likeness (QED) is 0.856. The minimum Gasteiger partial charge on any atom is -0.478 e. The normalized spacial score (nSPS) is 16.3. The summed E-state index contributed by atoms with van der Waals surface area (Å²) in [5.74, 6) is -0.872. The second-order valence-electron chi connectivity index (χ2n) is 5.16. The maximum atomic E-state index is 10.9. The number of rotatable bonds is 5. The number of carboxylic acid groups (broad SMARTS) is 1. The summed E-state index contributed by atoms with van der Waals surface area (Å²) in [6, 6.07) is 5.22. The van der Waals surface area contributed by atoms with Crippen LogP contribution in [0.4, 0.5) is 5.69 Å². The number of likely N-dealkylation sites (tertiary alicyclic amines) is 1. The third-order valence-electron chi connectivity index (χ3n) is 3.67. The highest BCUT2D eigenvalue weighted by molar-refractivity contribution is 5.88. The van der Waals surface area contributed by atoms with Crippen LogP contribution in [0.3, 0.4) is 0 Å². The predicted octanol–water partition coefficient (Wildman–Crippen LogP) is 2.59. The molecule has 0 saturated carbocycles. The van der Waals surface area contributed by atoms with E-state index in [9.17, 15) is 4.79 Å². The molecule has 0 bridgehead atoms. The first-order valence-electron chi connectivity index (χ1n) is 6.97. The molecule has 0 aliphatic carbocycles. The van der Waals surface area contributed by atoms with E-state index in [2.05, 4.69) is 10.2 Å². The van der Waals surface area contributed by atoms with Crippen molar-refractivity contribution >= 4 is 11.7 Å². The van der Waals surface area contributed by atoms with Gasteiger partial charge in [0.2, 0.25) is 0 Å². The van der Waals surface area contributed by atoms with Gasteiger partial charge in [0.05, 0.1) is 5.56 Å². The molecule has 4 nitrogen and oxygen atoms in total. The Balaban J connectivity index is 1.83. The molecule has 1 heterocycles. The van der Waals surface area contributed by atoms with Crippen LogP contribution in [0.2, 0.25) is 0 Å². The highest BCUT2D eigenvalue weighted by Gasteiger charge is 2.09. The molecule has 1 aliphatic heterocycles. The molecule has 0 radical (unpaired) electrons. The van der Waals surface area contributed by atoms with Gasteiger partial charge in [-0.3, -0.25) is 0 Å². The summed E-state index contributed by atoms with van der Waals surface area (Å²) < 4.78 is 0.